The van der Waals surface area contributed by atoms with Gasteiger partial charge in [-0.05, 0) is 23.4 Å². The summed E-state index contributed by atoms with van der Waals surface area (Å²) in [5.74, 6) is 0. The topological polar surface area (TPSA) is 0 Å². The van der Waals surface area contributed by atoms with Crippen LogP contribution in [0.4, 0.5) is 0 Å². The van der Waals surface area contributed by atoms with Gasteiger partial charge in [-0.15, -0.1) is 0 Å². The Morgan fingerprint density at radius 3 is 2.25 bits per heavy atom. The monoisotopic (exact) mass is 210 g/mol. The fourth-order valence-corrected chi connectivity index (χ4v) is 2.71. The molecule has 0 unspecified atom stereocenters. The molecular weight excluding hydrogens is 191 g/mol. The Balaban J connectivity index is 2.29. The smallest absolute Gasteiger partial charge is 0.0623 e. The fraction of sp³-hybridized carbons (Fsp3) is 0.467. The van der Waals surface area contributed by atoms with Crippen LogP contribution < -0.4 is 0 Å². The Hall–Kier alpha value is -0.975. The molecule has 0 N–H and O–H groups in total. The quantitative estimate of drug-likeness (QED) is 0.566. The molecule has 0 nitrogen and oxygen atoms in total. The van der Waals surface area contributed by atoms with Gasteiger partial charge >= 0.3 is 0 Å². The number of hydrogen-bond donors (Lipinski definition) is 0. The zero-order valence-electron chi connectivity index (χ0n) is 10.1. The Kier molecular flexibility index (Phi) is 3.53. The SMILES string of the molecule is [B]C1(C2=C/C=C\C=C/C=C2C)CCCCC1. The predicted octanol–water partition coefficient (Wildman–Crippen LogP) is 4.28. The molecule has 0 spiro atoms. The molecule has 1 heteroatoms. The van der Waals surface area contributed by atoms with E-state index in [1.54, 1.807) is 0 Å². The van der Waals surface area contributed by atoms with Crippen molar-refractivity contribution >= 4 is 7.85 Å². The minimum Gasteiger partial charge on any atom is -0.0623 e. The average Bonchev–Trinajstić information content (AvgIpc) is 2.24. The van der Waals surface area contributed by atoms with Crippen LogP contribution in [-0.4, -0.2) is 7.85 Å². The van der Waals surface area contributed by atoms with Gasteiger partial charge in [0.1, 0.15) is 0 Å². The number of hydrogen-bond acceptors (Lipinski definition) is 0. The molecular formula is C15H19B. The van der Waals surface area contributed by atoms with Gasteiger partial charge in [-0.3, -0.25) is 0 Å². The molecule has 16 heavy (non-hydrogen) atoms. The van der Waals surface area contributed by atoms with Gasteiger partial charge in [-0.25, -0.2) is 0 Å². The maximum absolute atomic E-state index is 6.58. The third-order valence-corrected chi connectivity index (χ3v) is 3.65. The van der Waals surface area contributed by atoms with Crippen molar-refractivity contribution in [2.45, 2.75) is 44.3 Å². The molecule has 0 aliphatic heterocycles. The molecule has 0 aromatic carbocycles. The van der Waals surface area contributed by atoms with E-state index in [4.69, 9.17) is 7.85 Å². The van der Waals surface area contributed by atoms with Crippen molar-refractivity contribution < 1.29 is 0 Å². The summed E-state index contributed by atoms with van der Waals surface area (Å²) < 4.78 is 0. The zero-order chi connectivity index (χ0) is 11.4. The van der Waals surface area contributed by atoms with E-state index in [9.17, 15) is 0 Å². The molecule has 2 rings (SSSR count). The van der Waals surface area contributed by atoms with Crippen molar-refractivity contribution in [3.63, 3.8) is 0 Å². The Morgan fingerprint density at radius 1 is 0.938 bits per heavy atom. The van der Waals surface area contributed by atoms with Gasteiger partial charge in [0.15, 0.2) is 0 Å². The van der Waals surface area contributed by atoms with E-state index in [0.717, 1.165) is 12.8 Å². The fourth-order valence-electron chi connectivity index (χ4n) is 2.71. The van der Waals surface area contributed by atoms with E-state index in [-0.39, 0.29) is 5.31 Å². The van der Waals surface area contributed by atoms with E-state index < -0.39 is 0 Å². The van der Waals surface area contributed by atoms with Crippen molar-refractivity contribution in [2.24, 2.45) is 0 Å². The third kappa shape index (κ3) is 2.40. The van der Waals surface area contributed by atoms with Crippen molar-refractivity contribution in [1.82, 2.24) is 0 Å². The van der Waals surface area contributed by atoms with Crippen molar-refractivity contribution in [3.05, 3.63) is 47.6 Å². The molecule has 0 saturated heterocycles. The molecule has 0 heterocycles. The van der Waals surface area contributed by atoms with Gasteiger partial charge in [0.2, 0.25) is 0 Å². The molecule has 0 amide bonds. The average molecular weight is 210 g/mol. The number of rotatable bonds is 1. The molecule has 0 aromatic heterocycles. The summed E-state index contributed by atoms with van der Waals surface area (Å²) in [6, 6.07) is 0. The molecule has 2 aliphatic rings. The second kappa shape index (κ2) is 4.90. The highest BCUT2D eigenvalue weighted by molar-refractivity contribution is 6.18. The summed E-state index contributed by atoms with van der Waals surface area (Å²) in [5, 5.41) is -0.0889. The normalized spacial score (nSPS) is 28.3. The predicted molar refractivity (Wildman–Crippen MR) is 71.7 cm³/mol. The second-order valence-electron chi connectivity index (χ2n) is 4.92. The van der Waals surface area contributed by atoms with E-state index in [2.05, 4.69) is 43.4 Å². The van der Waals surface area contributed by atoms with Crippen LogP contribution in [0.1, 0.15) is 39.0 Å². The lowest BCUT2D eigenvalue weighted by Crippen LogP contribution is -2.20. The third-order valence-electron chi connectivity index (χ3n) is 3.65. The Bertz CT molecular complexity index is 363. The summed E-state index contributed by atoms with van der Waals surface area (Å²) in [6.45, 7) is 2.17. The lowest BCUT2D eigenvalue weighted by molar-refractivity contribution is 0.423. The Labute approximate surface area is 100 Å². The van der Waals surface area contributed by atoms with Crippen LogP contribution in [0.25, 0.3) is 0 Å². The lowest BCUT2D eigenvalue weighted by atomic mass is 9.55. The van der Waals surface area contributed by atoms with Gasteiger partial charge in [0.25, 0.3) is 0 Å². The standard InChI is InChI=1S/C15H19B/c1-13-9-5-2-3-6-10-14(13)15(16)11-7-4-8-12-15/h2-3,5-6,9-10H,4,7-8,11-12H2,1H3/b3-2?,5-2-,6-3-,9-5?,10-6?,13-9?,14-10?,14-13?. The van der Waals surface area contributed by atoms with Crippen LogP contribution in [0, 0.1) is 0 Å². The first-order chi connectivity index (χ1) is 7.72. The molecule has 1 saturated carbocycles. The van der Waals surface area contributed by atoms with Crippen molar-refractivity contribution in [1.29, 1.82) is 0 Å². The van der Waals surface area contributed by atoms with E-state index in [1.165, 1.54) is 30.4 Å². The second-order valence-corrected chi connectivity index (χ2v) is 4.92. The first kappa shape index (κ1) is 11.5. The van der Waals surface area contributed by atoms with E-state index >= 15 is 0 Å². The maximum atomic E-state index is 6.58. The lowest BCUT2D eigenvalue weighted by Gasteiger charge is -2.37. The van der Waals surface area contributed by atoms with E-state index in [1.807, 2.05) is 0 Å². The van der Waals surface area contributed by atoms with Crippen LogP contribution in [0.5, 0.6) is 0 Å². The summed E-state index contributed by atoms with van der Waals surface area (Å²) in [7, 11) is 6.58. The first-order valence-corrected chi connectivity index (χ1v) is 6.24. The minimum atomic E-state index is -0.0889. The van der Waals surface area contributed by atoms with Gasteiger partial charge in [0.05, 0.1) is 7.85 Å². The highest BCUT2D eigenvalue weighted by Gasteiger charge is 2.30. The van der Waals surface area contributed by atoms with Crippen LogP contribution in [0.3, 0.4) is 0 Å². The summed E-state index contributed by atoms with van der Waals surface area (Å²) in [6.07, 6.45) is 18.8. The molecule has 2 aliphatic carbocycles. The maximum Gasteiger partial charge on any atom is 0.0810 e. The van der Waals surface area contributed by atoms with Crippen LogP contribution in [0.2, 0.25) is 5.31 Å². The van der Waals surface area contributed by atoms with Gasteiger partial charge in [-0.2, -0.15) is 0 Å². The van der Waals surface area contributed by atoms with Crippen molar-refractivity contribution in [2.75, 3.05) is 0 Å². The minimum absolute atomic E-state index is 0.0889. The summed E-state index contributed by atoms with van der Waals surface area (Å²) in [5.41, 5.74) is 2.64. The van der Waals surface area contributed by atoms with Crippen LogP contribution >= 0.6 is 0 Å². The summed E-state index contributed by atoms with van der Waals surface area (Å²) in [4.78, 5) is 0. The first-order valence-electron chi connectivity index (χ1n) is 6.24. The molecule has 0 aromatic rings. The van der Waals surface area contributed by atoms with Crippen LogP contribution in [-0.2, 0) is 0 Å². The largest absolute Gasteiger partial charge is 0.0810 e. The highest BCUT2D eigenvalue weighted by atomic mass is 14.3. The zero-order valence-corrected chi connectivity index (χ0v) is 10.1. The number of allylic oxidation sites excluding steroid dienone is 8. The Morgan fingerprint density at radius 2 is 1.56 bits per heavy atom. The van der Waals surface area contributed by atoms with Gasteiger partial charge in [0, 0.05) is 0 Å². The molecule has 1 fully saturated rings. The molecule has 82 valence electrons. The molecule has 0 atom stereocenters. The van der Waals surface area contributed by atoms with Gasteiger partial charge < -0.3 is 0 Å². The van der Waals surface area contributed by atoms with E-state index in [0.29, 0.717) is 0 Å². The highest BCUT2D eigenvalue weighted by Crippen LogP contribution is 2.48. The van der Waals surface area contributed by atoms with Crippen LogP contribution in [0.15, 0.2) is 47.6 Å². The molecule has 0 bridgehead atoms. The molecule has 2 radical (unpaired) electrons. The van der Waals surface area contributed by atoms with Gasteiger partial charge in [-0.1, -0.05) is 68.6 Å². The summed E-state index contributed by atoms with van der Waals surface area (Å²) >= 11 is 0. The van der Waals surface area contributed by atoms with Crippen molar-refractivity contribution in [3.8, 4) is 0 Å².